The van der Waals surface area contributed by atoms with Crippen LogP contribution in [0, 0.1) is 0 Å². The van der Waals surface area contributed by atoms with E-state index in [-0.39, 0.29) is 6.54 Å². The molecule has 1 aliphatic heterocycles. The molecule has 0 atom stereocenters. The summed E-state index contributed by atoms with van der Waals surface area (Å²) in [6.45, 7) is 8.65. The lowest BCUT2D eigenvalue weighted by Crippen LogP contribution is -2.34. The average molecular weight is 244 g/mol. The van der Waals surface area contributed by atoms with Crippen molar-refractivity contribution in [3.8, 4) is 0 Å². The third-order valence-electron chi connectivity index (χ3n) is 3.01. The van der Waals surface area contributed by atoms with Crippen LogP contribution in [-0.4, -0.2) is 73.4 Å². The Balaban J connectivity index is 2.16. The van der Waals surface area contributed by atoms with Gasteiger partial charge < -0.3 is 14.7 Å². The Morgan fingerprint density at radius 1 is 1.24 bits per heavy atom. The van der Waals surface area contributed by atoms with Gasteiger partial charge in [-0.05, 0) is 26.3 Å². The van der Waals surface area contributed by atoms with Crippen LogP contribution < -0.4 is 0 Å². The number of carboxylic acids is 1. The summed E-state index contributed by atoms with van der Waals surface area (Å²) in [6.07, 6.45) is 2.12. The zero-order valence-electron chi connectivity index (χ0n) is 10.7. The number of rotatable bonds is 7. The Bertz CT molecular complexity index is 224. The molecule has 1 fully saturated rings. The molecule has 1 N–H and O–H groups in total. The Hall–Kier alpha value is -0.650. The van der Waals surface area contributed by atoms with Gasteiger partial charge in [-0.3, -0.25) is 9.69 Å². The molecule has 17 heavy (non-hydrogen) atoms. The molecule has 0 spiro atoms. The Labute approximate surface area is 103 Å². The first-order chi connectivity index (χ1) is 8.22. The summed E-state index contributed by atoms with van der Waals surface area (Å²) in [5, 5.41) is 8.75. The van der Waals surface area contributed by atoms with Gasteiger partial charge in [-0.2, -0.15) is 0 Å². The smallest absolute Gasteiger partial charge is 0.317 e. The first-order valence-corrected chi connectivity index (χ1v) is 6.46. The van der Waals surface area contributed by atoms with Crippen LogP contribution in [0.25, 0.3) is 0 Å². The number of hydrogen-bond acceptors (Lipinski definition) is 4. The van der Waals surface area contributed by atoms with Crippen molar-refractivity contribution in [1.29, 1.82) is 0 Å². The van der Waals surface area contributed by atoms with E-state index < -0.39 is 5.97 Å². The maximum absolute atomic E-state index is 10.6. The maximum Gasteiger partial charge on any atom is 0.317 e. The fraction of sp³-hybridized carbons (Fsp3) is 0.917. The summed E-state index contributed by atoms with van der Waals surface area (Å²) in [5.74, 6) is -0.727. The molecule has 5 heteroatoms. The first kappa shape index (κ1) is 14.4. The molecule has 1 heterocycles. The van der Waals surface area contributed by atoms with Gasteiger partial charge in [0.1, 0.15) is 0 Å². The van der Waals surface area contributed by atoms with E-state index in [2.05, 4.69) is 4.90 Å². The highest BCUT2D eigenvalue weighted by Gasteiger charge is 2.15. The number of ether oxygens (including phenoxy) is 1. The van der Waals surface area contributed by atoms with E-state index in [1.54, 1.807) is 0 Å². The quantitative estimate of drug-likeness (QED) is 0.661. The van der Waals surface area contributed by atoms with Crippen LogP contribution in [0.2, 0.25) is 0 Å². The normalized spacial score (nSPS) is 19.1. The molecular weight excluding hydrogens is 220 g/mol. The molecule has 1 saturated heterocycles. The van der Waals surface area contributed by atoms with Gasteiger partial charge in [0.15, 0.2) is 0 Å². The second kappa shape index (κ2) is 8.44. The van der Waals surface area contributed by atoms with E-state index in [0.717, 1.165) is 58.8 Å². The zero-order chi connectivity index (χ0) is 12.5. The molecule has 0 radical (unpaired) electrons. The summed E-state index contributed by atoms with van der Waals surface area (Å²) < 4.78 is 5.31. The monoisotopic (exact) mass is 244 g/mol. The van der Waals surface area contributed by atoms with Crippen molar-refractivity contribution >= 4 is 5.97 Å². The Morgan fingerprint density at radius 3 is 2.65 bits per heavy atom. The molecule has 0 aliphatic carbocycles. The van der Waals surface area contributed by atoms with Crippen molar-refractivity contribution in [1.82, 2.24) is 9.80 Å². The van der Waals surface area contributed by atoms with Gasteiger partial charge in [0.25, 0.3) is 0 Å². The van der Waals surface area contributed by atoms with Gasteiger partial charge in [0.05, 0.1) is 6.54 Å². The van der Waals surface area contributed by atoms with Crippen LogP contribution >= 0.6 is 0 Å². The third kappa shape index (κ3) is 6.61. The highest BCUT2D eigenvalue weighted by molar-refractivity contribution is 5.69. The molecule has 0 bridgehead atoms. The highest BCUT2D eigenvalue weighted by Crippen LogP contribution is 2.03. The summed E-state index contributed by atoms with van der Waals surface area (Å²) in [6, 6.07) is 0. The van der Waals surface area contributed by atoms with Crippen molar-refractivity contribution in [2.24, 2.45) is 0 Å². The SMILES string of the molecule is CCOCCCN1CCCN(CC(=O)O)CC1. The van der Waals surface area contributed by atoms with E-state index in [1.807, 2.05) is 11.8 Å². The molecule has 0 amide bonds. The van der Waals surface area contributed by atoms with Gasteiger partial charge in [0.2, 0.25) is 0 Å². The van der Waals surface area contributed by atoms with Crippen molar-refractivity contribution in [2.75, 3.05) is 52.5 Å². The molecule has 1 rings (SSSR count). The largest absolute Gasteiger partial charge is 0.480 e. The minimum absolute atomic E-state index is 0.173. The van der Waals surface area contributed by atoms with Crippen LogP contribution in [0.1, 0.15) is 19.8 Å². The predicted molar refractivity (Wildman–Crippen MR) is 66.2 cm³/mol. The van der Waals surface area contributed by atoms with E-state index in [0.29, 0.717) is 0 Å². The maximum atomic E-state index is 10.6. The number of carboxylic acid groups (broad SMARTS) is 1. The molecule has 100 valence electrons. The van der Waals surface area contributed by atoms with Crippen molar-refractivity contribution in [2.45, 2.75) is 19.8 Å². The molecule has 0 saturated carbocycles. The van der Waals surface area contributed by atoms with Crippen LogP contribution in [0.4, 0.5) is 0 Å². The third-order valence-corrected chi connectivity index (χ3v) is 3.01. The number of aliphatic carboxylic acids is 1. The van der Waals surface area contributed by atoms with Crippen molar-refractivity contribution in [3.63, 3.8) is 0 Å². The molecule has 1 aliphatic rings. The van der Waals surface area contributed by atoms with Crippen LogP contribution in [0.3, 0.4) is 0 Å². The predicted octanol–water partition coefficient (Wildman–Crippen LogP) is 0.505. The molecule has 0 aromatic heterocycles. The van der Waals surface area contributed by atoms with Crippen molar-refractivity contribution < 1.29 is 14.6 Å². The van der Waals surface area contributed by atoms with Gasteiger partial charge in [0, 0.05) is 39.4 Å². The molecule has 5 nitrogen and oxygen atoms in total. The van der Waals surface area contributed by atoms with E-state index in [4.69, 9.17) is 9.84 Å². The van der Waals surface area contributed by atoms with Crippen LogP contribution in [-0.2, 0) is 9.53 Å². The summed E-state index contributed by atoms with van der Waals surface area (Å²) in [7, 11) is 0. The second-order valence-electron chi connectivity index (χ2n) is 4.42. The topological polar surface area (TPSA) is 53.0 Å². The minimum atomic E-state index is -0.727. The Morgan fingerprint density at radius 2 is 1.94 bits per heavy atom. The van der Waals surface area contributed by atoms with Gasteiger partial charge >= 0.3 is 5.97 Å². The summed E-state index contributed by atoms with van der Waals surface area (Å²) in [5.41, 5.74) is 0. The molecule has 0 aromatic carbocycles. The van der Waals surface area contributed by atoms with Crippen LogP contribution in [0.15, 0.2) is 0 Å². The lowest BCUT2D eigenvalue weighted by atomic mass is 10.3. The standard InChI is InChI=1S/C12H24N2O3/c1-2-17-10-4-7-13-5-3-6-14(9-8-13)11-12(15)16/h2-11H2,1H3,(H,15,16). The number of carbonyl (C=O) groups is 1. The first-order valence-electron chi connectivity index (χ1n) is 6.46. The minimum Gasteiger partial charge on any atom is -0.480 e. The molecular formula is C12H24N2O3. The van der Waals surface area contributed by atoms with Gasteiger partial charge in [-0.25, -0.2) is 0 Å². The van der Waals surface area contributed by atoms with E-state index in [1.165, 1.54) is 0 Å². The zero-order valence-corrected chi connectivity index (χ0v) is 10.7. The van der Waals surface area contributed by atoms with Gasteiger partial charge in [-0.15, -0.1) is 0 Å². The molecule has 0 aromatic rings. The number of nitrogens with zero attached hydrogens (tertiary/aromatic N) is 2. The Kier molecular flexibility index (Phi) is 7.16. The lowest BCUT2D eigenvalue weighted by molar-refractivity contribution is -0.138. The lowest BCUT2D eigenvalue weighted by Gasteiger charge is -2.20. The average Bonchev–Trinajstić information content (AvgIpc) is 2.50. The fourth-order valence-corrected chi connectivity index (χ4v) is 2.13. The summed E-state index contributed by atoms with van der Waals surface area (Å²) >= 11 is 0. The second-order valence-corrected chi connectivity index (χ2v) is 4.42. The fourth-order valence-electron chi connectivity index (χ4n) is 2.13. The van der Waals surface area contributed by atoms with Gasteiger partial charge in [-0.1, -0.05) is 0 Å². The van der Waals surface area contributed by atoms with E-state index >= 15 is 0 Å². The molecule has 0 unspecified atom stereocenters. The van der Waals surface area contributed by atoms with E-state index in [9.17, 15) is 4.79 Å². The van der Waals surface area contributed by atoms with Crippen molar-refractivity contribution in [3.05, 3.63) is 0 Å². The number of hydrogen-bond donors (Lipinski definition) is 1. The summed E-state index contributed by atoms with van der Waals surface area (Å²) in [4.78, 5) is 15.1. The van der Waals surface area contributed by atoms with Crippen LogP contribution in [0.5, 0.6) is 0 Å². The highest BCUT2D eigenvalue weighted by atomic mass is 16.5.